The van der Waals surface area contributed by atoms with E-state index in [4.69, 9.17) is 0 Å². The lowest BCUT2D eigenvalue weighted by atomic mass is 10.0. The summed E-state index contributed by atoms with van der Waals surface area (Å²) < 4.78 is 30.2. The van der Waals surface area contributed by atoms with E-state index in [2.05, 4.69) is 22.1 Å². The van der Waals surface area contributed by atoms with Crippen LogP contribution in [0, 0.1) is 12.7 Å². The van der Waals surface area contributed by atoms with Gasteiger partial charge in [-0.2, -0.15) is 0 Å². The van der Waals surface area contributed by atoms with Crippen LogP contribution in [0.4, 0.5) is 8.78 Å². The zero-order valence-corrected chi connectivity index (χ0v) is 18.8. The van der Waals surface area contributed by atoms with Gasteiger partial charge in [0.1, 0.15) is 11.6 Å². The van der Waals surface area contributed by atoms with Crippen molar-refractivity contribution in [3.8, 4) is 11.1 Å². The molecule has 34 heavy (non-hydrogen) atoms. The van der Waals surface area contributed by atoms with Crippen molar-refractivity contribution in [3.05, 3.63) is 94.4 Å². The fourth-order valence-electron chi connectivity index (χ4n) is 4.28. The van der Waals surface area contributed by atoms with Gasteiger partial charge in [-0.3, -0.25) is 13.8 Å². The number of imidazole rings is 1. The van der Waals surface area contributed by atoms with Crippen molar-refractivity contribution < 1.29 is 8.78 Å². The summed E-state index contributed by atoms with van der Waals surface area (Å²) in [5.41, 5.74) is 5.62. The smallest absolute Gasteiger partial charge is 0.269 e. The Bertz CT molecular complexity index is 1540. The van der Waals surface area contributed by atoms with Crippen LogP contribution < -0.4 is 5.56 Å². The predicted octanol–water partition coefficient (Wildman–Crippen LogP) is 5.66. The lowest BCUT2D eigenvalue weighted by molar-refractivity contribution is 0.446. The molecule has 0 radical (unpaired) electrons. The van der Waals surface area contributed by atoms with Gasteiger partial charge in [0, 0.05) is 12.6 Å². The highest BCUT2D eigenvalue weighted by Gasteiger charge is 2.15. The third kappa shape index (κ3) is 4.21. The molecular formula is C27H24F2N4O. The molecule has 0 unspecified atom stereocenters. The molecule has 0 bridgehead atoms. The summed E-state index contributed by atoms with van der Waals surface area (Å²) in [4.78, 5) is 21.9. The van der Waals surface area contributed by atoms with Gasteiger partial charge in [0.25, 0.3) is 5.56 Å². The Kier molecular flexibility index (Phi) is 5.92. The lowest BCUT2D eigenvalue weighted by Crippen LogP contribution is -2.23. The van der Waals surface area contributed by atoms with E-state index in [-0.39, 0.29) is 17.9 Å². The van der Waals surface area contributed by atoms with Crippen LogP contribution in [-0.4, -0.2) is 25.8 Å². The fourth-order valence-corrected chi connectivity index (χ4v) is 4.28. The molecule has 3 aromatic carbocycles. The molecule has 0 aliphatic carbocycles. The Morgan fingerprint density at radius 1 is 0.853 bits per heavy atom. The number of aromatic nitrogens is 4. The standard InChI is InChI=1S/C27H24F2N4O/c1-18-4-6-19(7-5-18)20-8-10-22-25(14-20)33(27(34)16-30-22)17-26-31-23-15-21(29)9-11-24(23)32(26)13-3-2-12-28/h4-11,14-16H,2-3,12-13,17H2,1H3. The van der Waals surface area contributed by atoms with Crippen molar-refractivity contribution in [3.63, 3.8) is 0 Å². The molecule has 0 N–H and O–H groups in total. The summed E-state index contributed by atoms with van der Waals surface area (Å²) in [5.74, 6) is 0.247. The number of aryl methyl sites for hydroxylation is 2. The average molecular weight is 459 g/mol. The molecule has 5 aromatic rings. The number of hydrogen-bond acceptors (Lipinski definition) is 3. The average Bonchev–Trinajstić information content (AvgIpc) is 3.17. The molecule has 172 valence electrons. The second kappa shape index (κ2) is 9.17. The highest BCUT2D eigenvalue weighted by molar-refractivity contribution is 5.82. The van der Waals surface area contributed by atoms with Gasteiger partial charge in [-0.05, 0) is 55.2 Å². The van der Waals surface area contributed by atoms with E-state index in [0.29, 0.717) is 41.8 Å². The number of halogens is 2. The first kappa shape index (κ1) is 21.9. The Labute approximate surface area is 195 Å². The van der Waals surface area contributed by atoms with Crippen LogP contribution in [-0.2, 0) is 13.1 Å². The molecule has 0 atom stereocenters. The molecule has 5 rings (SSSR count). The van der Waals surface area contributed by atoms with Crippen molar-refractivity contribution in [1.82, 2.24) is 19.1 Å². The highest BCUT2D eigenvalue weighted by atomic mass is 19.1. The van der Waals surface area contributed by atoms with Gasteiger partial charge < -0.3 is 4.57 Å². The van der Waals surface area contributed by atoms with Gasteiger partial charge in [0.2, 0.25) is 0 Å². The zero-order valence-electron chi connectivity index (χ0n) is 18.8. The van der Waals surface area contributed by atoms with Crippen molar-refractivity contribution in [2.24, 2.45) is 0 Å². The maximum absolute atomic E-state index is 13.9. The third-order valence-electron chi connectivity index (χ3n) is 6.09. The van der Waals surface area contributed by atoms with Crippen molar-refractivity contribution >= 4 is 22.1 Å². The number of fused-ring (bicyclic) bond motifs is 2. The quantitative estimate of drug-likeness (QED) is 0.296. The number of rotatable bonds is 7. The molecule has 0 saturated carbocycles. The predicted molar refractivity (Wildman–Crippen MR) is 130 cm³/mol. The highest BCUT2D eigenvalue weighted by Crippen LogP contribution is 2.25. The van der Waals surface area contributed by atoms with E-state index in [0.717, 1.165) is 16.6 Å². The Morgan fingerprint density at radius 3 is 2.44 bits per heavy atom. The lowest BCUT2D eigenvalue weighted by Gasteiger charge is -2.13. The molecule has 0 saturated heterocycles. The van der Waals surface area contributed by atoms with Crippen molar-refractivity contribution in [2.45, 2.75) is 32.9 Å². The van der Waals surface area contributed by atoms with Crippen LogP contribution in [0.5, 0.6) is 0 Å². The maximum Gasteiger partial charge on any atom is 0.269 e. The zero-order chi connectivity index (χ0) is 23.7. The minimum atomic E-state index is -0.396. The summed E-state index contributed by atoms with van der Waals surface area (Å²) in [7, 11) is 0. The van der Waals surface area contributed by atoms with Crippen LogP contribution >= 0.6 is 0 Å². The summed E-state index contributed by atoms with van der Waals surface area (Å²) in [6.07, 6.45) is 2.36. The van der Waals surface area contributed by atoms with Gasteiger partial charge in [-0.25, -0.2) is 14.4 Å². The molecule has 0 aliphatic rings. The van der Waals surface area contributed by atoms with Crippen molar-refractivity contribution in [1.29, 1.82) is 0 Å². The molecule has 2 heterocycles. The number of alkyl halides is 1. The van der Waals surface area contributed by atoms with E-state index in [1.54, 1.807) is 10.6 Å². The van der Waals surface area contributed by atoms with E-state index < -0.39 is 6.67 Å². The minimum absolute atomic E-state index is 0.196. The van der Waals surface area contributed by atoms with Crippen molar-refractivity contribution in [2.75, 3.05) is 6.67 Å². The molecule has 0 fully saturated rings. The topological polar surface area (TPSA) is 52.7 Å². The SMILES string of the molecule is Cc1ccc(-c2ccc3ncc(=O)n(Cc4nc5cc(F)ccc5n4CCCCF)c3c2)cc1. The summed E-state index contributed by atoms with van der Waals surface area (Å²) in [6.45, 7) is 2.37. The van der Waals surface area contributed by atoms with Crippen LogP contribution in [0.1, 0.15) is 24.2 Å². The fraction of sp³-hybridized carbons (Fsp3) is 0.222. The maximum atomic E-state index is 13.9. The first-order valence-electron chi connectivity index (χ1n) is 11.3. The Hall–Kier alpha value is -3.87. The molecule has 0 amide bonds. The summed E-state index contributed by atoms with van der Waals surface area (Å²) in [6, 6.07) is 18.5. The van der Waals surface area contributed by atoms with Crippen LogP contribution in [0.15, 0.2) is 71.7 Å². The van der Waals surface area contributed by atoms with Gasteiger partial charge in [0.15, 0.2) is 0 Å². The molecule has 2 aromatic heterocycles. The molecular weight excluding hydrogens is 434 g/mol. The minimum Gasteiger partial charge on any atom is -0.326 e. The monoisotopic (exact) mass is 458 g/mol. The van der Waals surface area contributed by atoms with Crippen LogP contribution in [0.3, 0.4) is 0 Å². The summed E-state index contributed by atoms with van der Waals surface area (Å²) >= 11 is 0. The summed E-state index contributed by atoms with van der Waals surface area (Å²) in [5, 5.41) is 0. The molecule has 5 nitrogen and oxygen atoms in total. The van der Waals surface area contributed by atoms with Gasteiger partial charge >= 0.3 is 0 Å². The van der Waals surface area contributed by atoms with Crippen LogP contribution in [0.2, 0.25) is 0 Å². The molecule has 0 aliphatic heterocycles. The van der Waals surface area contributed by atoms with Crippen LogP contribution in [0.25, 0.3) is 33.2 Å². The number of benzene rings is 3. The second-order valence-corrected chi connectivity index (χ2v) is 8.46. The van der Waals surface area contributed by atoms with Gasteiger partial charge in [-0.1, -0.05) is 35.9 Å². The number of nitrogens with zero attached hydrogens (tertiary/aromatic N) is 4. The van der Waals surface area contributed by atoms with Gasteiger partial charge in [-0.15, -0.1) is 0 Å². The Balaban J connectivity index is 1.62. The molecule has 7 heteroatoms. The van der Waals surface area contributed by atoms with E-state index in [1.165, 1.54) is 23.9 Å². The van der Waals surface area contributed by atoms with E-state index in [1.807, 2.05) is 41.8 Å². The normalized spacial score (nSPS) is 11.5. The largest absolute Gasteiger partial charge is 0.326 e. The first-order valence-corrected chi connectivity index (χ1v) is 11.3. The van der Waals surface area contributed by atoms with Gasteiger partial charge in [0.05, 0.1) is 41.5 Å². The second-order valence-electron chi connectivity index (χ2n) is 8.46. The molecule has 0 spiro atoms. The van der Waals surface area contributed by atoms with E-state index >= 15 is 0 Å². The Morgan fingerprint density at radius 2 is 1.65 bits per heavy atom. The third-order valence-corrected chi connectivity index (χ3v) is 6.09. The number of hydrogen-bond donors (Lipinski definition) is 0. The number of unbranched alkanes of at least 4 members (excludes halogenated alkanes) is 1. The van der Waals surface area contributed by atoms with E-state index in [9.17, 15) is 13.6 Å². The first-order chi connectivity index (χ1) is 16.5.